The number of hydrogen-bond acceptors (Lipinski definition) is 2. The van der Waals surface area contributed by atoms with Gasteiger partial charge >= 0.3 is 0 Å². The first-order chi connectivity index (χ1) is 5.24. The largest absolute Gasteiger partial charge is 0.359 e. The number of carbonyl (C=O) groups is 1. The van der Waals surface area contributed by atoms with E-state index in [0.29, 0.717) is 6.04 Å². The number of carbonyl (C=O) groups excluding carboxylic acids is 1. The summed E-state index contributed by atoms with van der Waals surface area (Å²) in [4.78, 5) is 11.2. The van der Waals surface area contributed by atoms with Gasteiger partial charge < -0.3 is 10.6 Å². The van der Waals surface area contributed by atoms with E-state index >= 15 is 0 Å². The maximum atomic E-state index is 11.2. The molecule has 1 fully saturated rings. The zero-order valence-electron chi connectivity index (χ0n) is 7.18. The molecule has 2 atom stereocenters. The molecule has 0 bridgehead atoms. The van der Waals surface area contributed by atoms with Crippen LogP contribution in [0.1, 0.15) is 19.8 Å². The Morgan fingerprint density at radius 1 is 1.64 bits per heavy atom. The molecule has 3 heteroatoms. The monoisotopic (exact) mass is 156 g/mol. The minimum atomic E-state index is 0.193. The second kappa shape index (κ2) is 3.72. The molecule has 0 spiro atoms. The van der Waals surface area contributed by atoms with Crippen LogP contribution >= 0.6 is 0 Å². The number of amides is 1. The topological polar surface area (TPSA) is 41.1 Å². The van der Waals surface area contributed by atoms with E-state index in [2.05, 4.69) is 17.6 Å². The van der Waals surface area contributed by atoms with E-state index in [1.165, 1.54) is 0 Å². The molecule has 11 heavy (non-hydrogen) atoms. The van der Waals surface area contributed by atoms with E-state index in [0.717, 1.165) is 19.4 Å². The van der Waals surface area contributed by atoms with E-state index in [-0.39, 0.29) is 11.8 Å². The van der Waals surface area contributed by atoms with Crippen molar-refractivity contribution in [2.45, 2.75) is 25.8 Å². The molecule has 0 aliphatic carbocycles. The molecule has 64 valence electrons. The summed E-state index contributed by atoms with van der Waals surface area (Å²) in [6, 6.07) is 0.492. The molecule has 0 saturated carbocycles. The maximum absolute atomic E-state index is 11.2. The van der Waals surface area contributed by atoms with E-state index < -0.39 is 0 Å². The molecule has 1 aliphatic heterocycles. The van der Waals surface area contributed by atoms with Gasteiger partial charge in [0.2, 0.25) is 5.91 Å². The van der Waals surface area contributed by atoms with Crippen LogP contribution in [0.3, 0.4) is 0 Å². The third-order valence-corrected chi connectivity index (χ3v) is 2.24. The molecule has 1 saturated heterocycles. The van der Waals surface area contributed by atoms with Crippen molar-refractivity contribution in [3.63, 3.8) is 0 Å². The summed E-state index contributed by atoms with van der Waals surface area (Å²) in [6.45, 7) is 3.09. The Bertz CT molecular complexity index is 147. The second-order valence-corrected chi connectivity index (χ2v) is 3.19. The van der Waals surface area contributed by atoms with Crippen molar-refractivity contribution in [1.29, 1.82) is 0 Å². The summed E-state index contributed by atoms with van der Waals surface area (Å²) in [6.07, 6.45) is 1.95. The number of hydrogen-bond donors (Lipinski definition) is 2. The molecule has 0 aromatic carbocycles. The van der Waals surface area contributed by atoms with Crippen LogP contribution in [0.15, 0.2) is 0 Å². The molecule has 0 unspecified atom stereocenters. The molecule has 0 radical (unpaired) electrons. The summed E-state index contributed by atoms with van der Waals surface area (Å²) in [5.41, 5.74) is 0. The van der Waals surface area contributed by atoms with Crippen LogP contribution in [0.5, 0.6) is 0 Å². The predicted octanol–water partition coefficient (Wildman–Crippen LogP) is 0.120. The highest BCUT2D eigenvalue weighted by Gasteiger charge is 2.23. The molecule has 1 heterocycles. The van der Waals surface area contributed by atoms with Crippen LogP contribution in [-0.4, -0.2) is 25.5 Å². The zero-order chi connectivity index (χ0) is 8.27. The lowest BCUT2D eigenvalue weighted by atomic mass is 9.93. The third-order valence-electron chi connectivity index (χ3n) is 2.24. The van der Waals surface area contributed by atoms with Gasteiger partial charge in [0.25, 0.3) is 0 Å². The highest BCUT2D eigenvalue weighted by Crippen LogP contribution is 2.15. The summed E-state index contributed by atoms with van der Waals surface area (Å²) in [7, 11) is 1.70. The fourth-order valence-corrected chi connectivity index (χ4v) is 1.57. The minimum Gasteiger partial charge on any atom is -0.359 e. The van der Waals surface area contributed by atoms with Crippen molar-refractivity contribution < 1.29 is 4.79 Å². The first-order valence-electron chi connectivity index (χ1n) is 4.19. The maximum Gasteiger partial charge on any atom is 0.222 e. The fourth-order valence-electron chi connectivity index (χ4n) is 1.57. The quantitative estimate of drug-likeness (QED) is 0.566. The van der Waals surface area contributed by atoms with Crippen molar-refractivity contribution in [1.82, 2.24) is 10.6 Å². The third kappa shape index (κ3) is 2.19. The SMILES string of the molecule is CNC(=O)[C@H]1CCN[C@@H](C)C1. The smallest absolute Gasteiger partial charge is 0.222 e. The lowest BCUT2D eigenvalue weighted by Gasteiger charge is -2.26. The van der Waals surface area contributed by atoms with Crippen LogP contribution in [0.2, 0.25) is 0 Å². The average Bonchev–Trinajstić information content (AvgIpc) is 2.03. The normalized spacial score (nSPS) is 31.5. The molecule has 0 aromatic heterocycles. The second-order valence-electron chi connectivity index (χ2n) is 3.19. The van der Waals surface area contributed by atoms with Gasteiger partial charge in [0.15, 0.2) is 0 Å². The van der Waals surface area contributed by atoms with E-state index in [1.54, 1.807) is 7.05 Å². The van der Waals surface area contributed by atoms with E-state index in [9.17, 15) is 4.79 Å². The lowest BCUT2D eigenvalue weighted by Crippen LogP contribution is -2.41. The number of rotatable bonds is 1. The highest BCUT2D eigenvalue weighted by molar-refractivity contribution is 5.78. The summed E-state index contributed by atoms with van der Waals surface area (Å²) >= 11 is 0. The average molecular weight is 156 g/mol. The van der Waals surface area contributed by atoms with Crippen LogP contribution < -0.4 is 10.6 Å². The van der Waals surface area contributed by atoms with Gasteiger partial charge in [0.1, 0.15) is 0 Å². The molecule has 1 amide bonds. The van der Waals surface area contributed by atoms with Crippen molar-refractivity contribution in [3.8, 4) is 0 Å². The van der Waals surface area contributed by atoms with Gasteiger partial charge in [-0.25, -0.2) is 0 Å². The standard InChI is InChI=1S/C8H16N2O/c1-6-5-7(3-4-10-6)8(11)9-2/h6-7,10H,3-5H2,1-2H3,(H,9,11)/t6-,7-/m0/s1. The molecule has 0 aromatic rings. The van der Waals surface area contributed by atoms with E-state index in [1.807, 2.05) is 0 Å². The van der Waals surface area contributed by atoms with Crippen molar-refractivity contribution in [2.24, 2.45) is 5.92 Å². The Morgan fingerprint density at radius 3 is 2.91 bits per heavy atom. The van der Waals surface area contributed by atoms with Gasteiger partial charge in [-0.3, -0.25) is 4.79 Å². The lowest BCUT2D eigenvalue weighted by molar-refractivity contribution is -0.125. The summed E-state index contributed by atoms with van der Waals surface area (Å²) in [5, 5.41) is 6.00. The van der Waals surface area contributed by atoms with Gasteiger partial charge in [0.05, 0.1) is 0 Å². The first-order valence-corrected chi connectivity index (χ1v) is 4.19. The van der Waals surface area contributed by atoms with E-state index in [4.69, 9.17) is 0 Å². The van der Waals surface area contributed by atoms with Gasteiger partial charge in [-0.1, -0.05) is 0 Å². The molecule has 1 aliphatic rings. The molecular formula is C8H16N2O. The van der Waals surface area contributed by atoms with Crippen molar-refractivity contribution in [3.05, 3.63) is 0 Å². The van der Waals surface area contributed by atoms with Crippen LogP contribution in [0.4, 0.5) is 0 Å². The van der Waals surface area contributed by atoms with Crippen molar-refractivity contribution in [2.75, 3.05) is 13.6 Å². The van der Waals surface area contributed by atoms with Gasteiger partial charge in [-0.15, -0.1) is 0 Å². The Kier molecular flexibility index (Phi) is 2.88. The van der Waals surface area contributed by atoms with Crippen LogP contribution in [0, 0.1) is 5.92 Å². The summed E-state index contributed by atoms with van der Waals surface area (Å²) < 4.78 is 0. The predicted molar refractivity (Wildman–Crippen MR) is 44.3 cm³/mol. The molecule has 1 rings (SSSR count). The molecule has 2 N–H and O–H groups in total. The molecular weight excluding hydrogens is 140 g/mol. The van der Waals surface area contributed by atoms with Crippen molar-refractivity contribution >= 4 is 5.91 Å². The highest BCUT2D eigenvalue weighted by atomic mass is 16.1. The Balaban J connectivity index is 2.39. The number of nitrogens with one attached hydrogen (secondary N) is 2. The Morgan fingerprint density at radius 2 is 2.36 bits per heavy atom. The Labute approximate surface area is 67.5 Å². The fraction of sp³-hybridized carbons (Fsp3) is 0.875. The van der Waals surface area contributed by atoms with Crippen LogP contribution in [0.25, 0.3) is 0 Å². The Hall–Kier alpha value is -0.570. The minimum absolute atomic E-state index is 0.193. The first kappa shape index (κ1) is 8.53. The summed E-state index contributed by atoms with van der Waals surface area (Å²) in [5.74, 6) is 0.426. The molecule has 3 nitrogen and oxygen atoms in total. The van der Waals surface area contributed by atoms with Crippen LogP contribution in [-0.2, 0) is 4.79 Å². The van der Waals surface area contributed by atoms with Gasteiger partial charge in [-0.05, 0) is 26.3 Å². The zero-order valence-corrected chi connectivity index (χ0v) is 7.18. The number of piperidine rings is 1. The van der Waals surface area contributed by atoms with Gasteiger partial charge in [-0.2, -0.15) is 0 Å². The van der Waals surface area contributed by atoms with Gasteiger partial charge in [0, 0.05) is 19.0 Å².